The van der Waals surface area contributed by atoms with E-state index in [0.29, 0.717) is 18.0 Å². The maximum Gasteiger partial charge on any atom is 0.235 e. The molecule has 10 heteroatoms. The second-order valence-corrected chi connectivity index (χ2v) is 10.3. The van der Waals surface area contributed by atoms with Crippen LogP contribution in [0.1, 0.15) is 40.2 Å². The van der Waals surface area contributed by atoms with Gasteiger partial charge in [0, 0.05) is 24.4 Å². The number of hydrogen-bond donors (Lipinski definition) is 1. The minimum Gasteiger partial charge on any atom is -0.310 e. The third-order valence-corrected chi connectivity index (χ3v) is 7.92. The largest absolute Gasteiger partial charge is 0.310 e. The van der Waals surface area contributed by atoms with Gasteiger partial charge in [-0.05, 0) is 20.3 Å². The lowest BCUT2D eigenvalue weighted by atomic mass is 10.0. The Labute approximate surface area is 156 Å². The number of aromatic nitrogens is 4. The van der Waals surface area contributed by atoms with E-state index >= 15 is 0 Å². The molecule has 2 aliphatic heterocycles. The first-order chi connectivity index (χ1) is 12.2. The standard InChI is InChI=1S/C16H21N5O3S2/c1-9-12(6-20(3)18-9)15-14-10(2)19-21(11-4-5-26(23,24)8-11)16(14)17-13(22)7-25-15/h6,11,15H,4-5,7-8H2,1-3H3,(H,17,22)/t11-,15-/m1/s1. The normalized spacial score (nSPS) is 25.0. The molecule has 1 fully saturated rings. The van der Waals surface area contributed by atoms with Crippen molar-refractivity contribution in [3.63, 3.8) is 0 Å². The van der Waals surface area contributed by atoms with E-state index in [9.17, 15) is 13.2 Å². The van der Waals surface area contributed by atoms with E-state index in [4.69, 9.17) is 0 Å². The molecule has 2 atom stereocenters. The molecule has 0 unspecified atom stereocenters. The van der Waals surface area contributed by atoms with Gasteiger partial charge in [-0.1, -0.05) is 0 Å². The number of nitrogens with one attached hydrogen (secondary N) is 1. The Morgan fingerprint density at radius 3 is 2.65 bits per heavy atom. The summed E-state index contributed by atoms with van der Waals surface area (Å²) in [7, 11) is -1.17. The van der Waals surface area contributed by atoms with Crippen LogP contribution in [0.15, 0.2) is 6.20 Å². The van der Waals surface area contributed by atoms with Gasteiger partial charge in [0.1, 0.15) is 5.82 Å². The molecule has 0 spiro atoms. The predicted molar refractivity (Wildman–Crippen MR) is 100 cm³/mol. The minimum absolute atomic E-state index is 0.0654. The van der Waals surface area contributed by atoms with Crippen LogP contribution in [0.2, 0.25) is 0 Å². The number of anilines is 1. The van der Waals surface area contributed by atoms with Gasteiger partial charge in [0.05, 0.1) is 39.9 Å². The highest BCUT2D eigenvalue weighted by Crippen LogP contribution is 2.45. The van der Waals surface area contributed by atoms with Gasteiger partial charge < -0.3 is 5.32 Å². The van der Waals surface area contributed by atoms with Crippen LogP contribution in [0, 0.1) is 13.8 Å². The van der Waals surface area contributed by atoms with Gasteiger partial charge in [-0.25, -0.2) is 13.1 Å². The number of fused-ring (bicyclic) bond motifs is 1. The quantitative estimate of drug-likeness (QED) is 0.825. The first-order valence-electron chi connectivity index (χ1n) is 8.46. The van der Waals surface area contributed by atoms with Crippen molar-refractivity contribution in [3.8, 4) is 0 Å². The lowest BCUT2D eigenvalue weighted by Crippen LogP contribution is -2.20. The molecular formula is C16H21N5O3S2. The topological polar surface area (TPSA) is 98.9 Å². The molecule has 2 aliphatic rings. The summed E-state index contributed by atoms with van der Waals surface area (Å²) in [6, 6.07) is -0.235. The molecule has 0 saturated carbocycles. The Morgan fingerprint density at radius 1 is 1.27 bits per heavy atom. The van der Waals surface area contributed by atoms with Gasteiger partial charge in [0.2, 0.25) is 5.91 Å². The van der Waals surface area contributed by atoms with Crippen molar-refractivity contribution in [2.24, 2.45) is 7.05 Å². The van der Waals surface area contributed by atoms with Crippen LogP contribution in [0.3, 0.4) is 0 Å². The summed E-state index contributed by atoms with van der Waals surface area (Å²) in [5, 5.41) is 12.0. The molecule has 0 bridgehead atoms. The fourth-order valence-corrected chi connectivity index (χ4v) is 6.70. The fourth-order valence-electron chi connectivity index (χ4n) is 3.76. The highest BCUT2D eigenvalue weighted by atomic mass is 32.2. The zero-order chi connectivity index (χ0) is 18.6. The lowest BCUT2D eigenvalue weighted by molar-refractivity contribution is -0.113. The number of thioether (sulfide) groups is 1. The van der Waals surface area contributed by atoms with Crippen molar-refractivity contribution in [1.29, 1.82) is 0 Å². The summed E-state index contributed by atoms with van der Waals surface area (Å²) in [5.74, 6) is 1.10. The van der Waals surface area contributed by atoms with Crippen molar-refractivity contribution in [2.45, 2.75) is 31.6 Å². The second kappa shape index (κ2) is 6.12. The number of hydrogen-bond acceptors (Lipinski definition) is 6. The van der Waals surface area contributed by atoms with E-state index in [0.717, 1.165) is 22.5 Å². The van der Waals surface area contributed by atoms with Gasteiger partial charge in [0.15, 0.2) is 9.84 Å². The molecule has 2 aromatic rings. The summed E-state index contributed by atoms with van der Waals surface area (Å²) in [5.41, 5.74) is 3.73. The SMILES string of the molecule is Cc1nn(C)cc1[C@H]1SCC(=O)Nc2c1c(C)nn2[C@@H]1CCS(=O)(=O)C1. The average Bonchev–Trinajstić information content (AvgIpc) is 3.13. The van der Waals surface area contributed by atoms with Crippen LogP contribution in [-0.4, -0.2) is 51.1 Å². The zero-order valence-electron chi connectivity index (χ0n) is 14.9. The van der Waals surface area contributed by atoms with Crippen LogP contribution in [0.5, 0.6) is 0 Å². The van der Waals surface area contributed by atoms with Crippen molar-refractivity contribution < 1.29 is 13.2 Å². The number of nitrogens with zero attached hydrogens (tertiary/aromatic N) is 4. The van der Waals surface area contributed by atoms with Crippen molar-refractivity contribution in [3.05, 3.63) is 28.7 Å². The number of carbonyl (C=O) groups excluding carboxylic acids is 1. The second-order valence-electron chi connectivity index (χ2n) is 6.93. The van der Waals surface area contributed by atoms with Crippen molar-refractivity contribution in [1.82, 2.24) is 19.6 Å². The molecule has 0 radical (unpaired) electrons. The number of rotatable bonds is 2. The molecule has 0 aromatic carbocycles. The van der Waals surface area contributed by atoms with Gasteiger partial charge in [-0.15, -0.1) is 11.8 Å². The summed E-state index contributed by atoms with van der Waals surface area (Å²) >= 11 is 1.55. The third kappa shape index (κ3) is 2.94. The minimum atomic E-state index is -3.04. The van der Waals surface area contributed by atoms with E-state index in [1.807, 2.05) is 27.1 Å². The number of sulfone groups is 1. The van der Waals surface area contributed by atoms with Crippen molar-refractivity contribution in [2.75, 3.05) is 22.6 Å². The number of aryl methyl sites for hydroxylation is 3. The van der Waals surface area contributed by atoms with Gasteiger partial charge in [-0.2, -0.15) is 10.2 Å². The lowest BCUT2D eigenvalue weighted by Gasteiger charge is -2.16. The van der Waals surface area contributed by atoms with Gasteiger partial charge >= 0.3 is 0 Å². The summed E-state index contributed by atoms with van der Waals surface area (Å²) in [6.07, 6.45) is 2.50. The van der Waals surface area contributed by atoms with Crippen LogP contribution < -0.4 is 5.32 Å². The van der Waals surface area contributed by atoms with Crippen LogP contribution in [-0.2, 0) is 21.7 Å². The van der Waals surface area contributed by atoms with E-state index in [1.54, 1.807) is 21.1 Å². The van der Waals surface area contributed by atoms with Gasteiger partial charge in [0.25, 0.3) is 0 Å². The Balaban J connectivity index is 1.84. The molecule has 4 rings (SSSR count). The average molecular weight is 396 g/mol. The summed E-state index contributed by atoms with van der Waals surface area (Å²) in [6.45, 7) is 3.87. The maximum absolute atomic E-state index is 12.3. The molecule has 2 aromatic heterocycles. The fraction of sp³-hybridized carbons (Fsp3) is 0.562. The number of amides is 1. The van der Waals surface area contributed by atoms with E-state index in [2.05, 4.69) is 15.5 Å². The Morgan fingerprint density at radius 2 is 2.04 bits per heavy atom. The Kier molecular flexibility index (Phi) is 4.14. The molecular weight excluding hydrogens is 374 g/mol. The molecule has 8 nitrogen and oxygen atoms in total. The molecule has 140 valence electrons. The summed E-state index contributed by atoms with van der Waals surface area (Å²) in [4.78, 5) is 12.3. The molecule has 4 heterocycles. The van der Waals surface area contributed by atoms with E-state index in [1.165, 1.54) is 0 Å². The first-order valence-corrected chi connectivity index (χ1v) is 11.3. The highest BCUT2D eigenvalue weighted by molar-refractivity contribution is 8.00. The Hall–Kier alpha value is -1.81. The maximum atomic E-state index is 12.3. The predicted octanol–water partition coefficient (Wildman–Crippen LogP) is 1.37. The third-order valence-electron chi connectivity index (χ3n) is 4.92. The summed E-state index contributed by atoms with van der Waals surface area (Å²) < 4.78 is 27.3. The molecule has 1 amide bonds. The van der Waals surface area contributed by atoms with Crippen LogP contribution >= 0.6 is 11.8 Å². The zero-order valence-corrected chi connectivity index (χ0v) is 16.5. The van der Waals surface area contributed by atoms with Crippen molar-refractivity contribution >= 4 is 33.3 Å². The number of carbonyl (C=O) groups is 1. The van der Waals surface area contributed by atoms with E-state index in [-0.39, 0.29) is 28.7 Å². The molecule has 26 heavy (non-hydrogen) atoms. The van der Waals surface area contributed by atoms with Crippen LogP contribution in [0.25, 0.3) is 0 Å². The molecule has 1 N–H and O–H groups in total. The first kappa shape index (κ1) is 17.6. The van der Waals surface area contributed by atoms with E-state index < -0.39 is 9.84 Å². The highest BCUT2D eigenvalue weighted by Gasteiger charge is 2.36. The van der Waals surface area contributed by atoms with Gasteiger partial charge in [-0.3, -0.25) is 9.48 Å². The monoisotopic (exact) mass is 395 g/mol. The van der Waals surface area contributed by atoms with Crippen LogP contribution in [0.4, 0.5) is 5.82 Å². The molecule has 1 saturated heterocycles. The molecule has 0 aliphatic carbocycles. The smallest absolute Gasteiger partial charge is 0.235 e. The Bertz CT molecular complexity index is 992.